The lowest BCUT2D eigenvalue weighted by molar-refractivity contribution is 0.173. The highest BCUT2D eigenvalue weighted by molar-refractivity contribution is 7.17. The molecule has 176 valence electrons. The summed E-state index contributed by atoms with van der Waals surface area (Å²) in [6.45, 7) is 0.961. The molecule has 3 aliphatic rings. The highest BCUT2D eigenvalue weighted by Crippen LogP contribution is 2.45. The highest BCUT2D eigenvalue weighted by atomic mass is 32.1. The van der Waals surface area contributed by atoms with Crippen molar-refractivity contribution in [2.24, 2.45) is 9.98 Å². The minimum atomic E-state index is 0.480. The maximum absolute atomic E-state index is 9.74. The van der Waals surface area contributed by atoms with Gasteiger partial charge in [-0.3, -0.25) is 0 Å². The first-order valence-corrected chi connectivity index (χ1v) is 14.3. The fourth-order valence-electron chi connectivity index (χ4n) is 4.92. The lowest BCUT2D eigenvalue weighted by Gasteiger charge is -2.15. The van der Waals surface area contributed by atoms with Crippen molar-refractivity contribution in [1.29, 1.82) is 10.5 Å². The summed E-state index contributed by atoms with van der Waals surface area (Å²) >= 11 is 4.77. The molecule has 0 saturated heterocycles. The van der Waals surface area contributed by atoms with Crippen molar-refractivity contribution in [1.82, 2.24) is 0 Å². The Labute approximate surface area is 215 Å². The van der Waals surface area contributed by atoms with Crippen LogP contribution in [-0.4, -0.2) is 25.6 Å². The van der Waals surface area contributed by atoms with Gasteiger partial charge in [0.1, 0.15) is 35.4 Å². The average Bonchev–Trinajstić information content (AvgIpc) is 3.56. The molecule has 3 aromatic heterocycles. The van der Waals surface area contributed by atoms with Crippen molar-refractivity contribution in [2.45, 2.75) is 51.4 Å². The van der Waals surface area contributed by atoms with Crippen LogP contribution in [0.5, 0.6) is 11.5 Å². The van der Waals surface area contributed by atoms with Gasteiger partial charge in [-0.15, -0.1) is 34.0 Å². The molecule has 0 atom stereocenters. The summed E-state index contributed by atoms with van der Waals surface area (Å²) in [6, 6.07) is 4.75. The van der Waals surface area contributed by atoms with E-state index in [4.69, 9.17) is 19.5 Å². The maximum atomic E-state index is 9.74. The Balaban J connectivity index is 1.34. The van der Waals surface area contributed by atoms with Crippen molar-refractivity contribution >= 4 is 56.4 Å². The van der Waals surface area contributed by atoms with E-state index >= 15 is 0 Å². The van der Waals surface area contributed by atoms with Gasteiger partial charge < -0.3 is 9.47 Å². The normalized spacial score (nSPS) is 16.7. The number of fused-ring (bicyclic) bond motifs is 3. The highest BCUT2D eigenvalue weighted by Gasteiger charge is 2.25. The lowest BCUT2D eigenvalue weighted by atomic mass is 9.96. The van der Waals surface area contributed by atoms with Crippen molar-refractivity contribution in [2.75, 3.05) is 13.2 Å². The SMILES string of the molecule is N#Cc1c(/N=C/c2sc(/C=N/c3sc4c(c3C#N)CCCC4)c3c2OCCO3)sc2c1CCCC2. The van der Waals surface area contributed by atoms with E-state index in [1.165, 1.54) is 45.1 Å². The fourth-order valence-corrected chi connectivity index (χ4v) is 8.22. The van der Waals surface area contributed by atoms with Gasteiger partial charge >= 0.3 is 0 Å². The second-order valence-corrected chi connectivity index (χ2v) is 12.0. The van der Waals surface area contributed by atoms with Gasteiger partial charge in [-0.05, 0) is 62.5 Å². The van der Waals surface area contributed by atoms with E-state index in [1.807, 2.05) is 0 Å². The number of aliphatic imine (C=N–C) groups is 2. The van der Waals surface area contributed by atoms with Crippen molar-refractivity contribution in [3.63, 3.8) is 0 Å². The second kappa shape index (κ2) is 9.58. The van der Waals surface area contributed by atoms with Gasteiger partial charge in [-0.2, -0.15) is 10.5 Å². The number of nitriles is 2. The van der Waals surface area contributed by atoms with E-state index in [0.717, 1.165) is 69.4 Å². The molecule has 0 unspecified atom stereocenters. The Morgan fingerprint density at radius 3 is 1.57 bits per heavy atom. The van der Waals surface area contributed by atoms with Crippen molar-refractivity contribution < 1.29 is 9.47 Å². The molecule has 6 rings (SSSR count). The topological polar surface area (TPSA) is 90.8 Å². The Morgan fingerprint density at radius 1 is 0.657 bits per heavy atom. The van der Waals surface area contributed by atoms with E-state index in [0.29, 0.717) is 24.7 Å². The molecule has 0 fully saturated rings. The summed E-state index contributed by atoms with van der Waals surface area (Å²) in [4.78, 5) is 13.7. The zero-order valence-corrected chi connectivity index (χ0v) is 21.5. The third-order valence-corrected chi connectivity index (χ3v) is 10.00. The molecule has 0 radical (unpaired) electrons. The Bertz CT molecular complexity index is 1340. The van der Waals surface area contributed by atoms with Crippen LogP contribution in [0.25, 0.3) is 0 Å². The summed E-state index contributed by atoms with van der Waals surface area (Å²) < 4.78 is 11.9. The Hall–Kier alpha value is -2.98. The van der Waals surface area contributed by atoms with Crippen LogP contribution in [0, 0.1) is 22.7 Å². The molecule has 0 N–H and O–H groups in total. The second-order valence-electron chi connectivity index (χ2n) is 8.71. The van der Waals surface area contributed by atoms with E-state index in [9.17, 15) is 10.5 Å². The molecule has 0 amide bonds. The summed E-state index contributed by atoms with van der Waals surface area (Å²) in [5.41, 5.74) is 3.80. The predicted octanol–water partition coefficient (Wildman–Crippen LogP) is 6.64. The third-order valence-electron chi connectivity index (χ3n) is 6.58. The smallest absolute Gasteiger partial charge is 0.181 e. The molecule has 0 bridgehead atoms. The summed E-state index contributed by atoms with van der Waals surface area (Å²) in [7, 11) is 0. The first-order valence-electron chi connectivity index (χ1n) is 11.9. The van der Waals surface area contributed by atoms with Gasteiger partial charge in [0, 0.05) is 22.2 Å². The zero-order chi connectivity index (χ0) is 23.8. The number of hydrogen-bond acceptors (Lipinski definition) is 9. The van der Waals surface area contributed by atoms with Gasteiger partial charge in [0.05, 0.1) is 20.9 Å². The van der Waals surface area contributed by atoms with Crippen LogP contribution in [0.3, 0.4) is 0 Å². The number of thiophene rings is 3. The number of ether oxygens (including phenoxy) is 2. The minimum absolute atomic E-state index is 0.480. The number of hydrogen-bond donors (Lipinski definition) is 0. The average molecular weight is 519 g/mol. The van der Waals surface area contributed by atoms with Gasteiger partial charge in [-0.25, -0.2) is 9.98 Å². The van der Waals surface area contributed by atoms with E-state index in [1.54, 1.807) is 35.1 Å². The maximum Gasteiger partial charge on any atom is 0.181 e. The number of rotatable bonds is 4. The van der Waals surface area contributed by atoms with E-state index in [-0.39, 0.29) is 0 Å². The van der Waals surface area contributed by atoms with Gasteiger partial charge in [0.25, 0.3) is 0 Å². The third kappa shape index (κ3) is 4.08. The van der Waals surface area contributed by atoms with Crippen LogP contribution in [0.4, 0.5) is 10.0 Å². The molecular formula is C26H22N4O2S3. The van der Waals surface area contributed by atoms with Crippen LogP contribution < -0.4 is 9.47 Å². The number of nitrogens with zero attached hydrogens (tertiary/aromatic N) is 4. The van der Waals surface area contributed by atoms with Crippen molar-refractivity contribution in [3.8, 4) is 23.6 Å². The molecule has 1 aliphatic heterocycles. The zero-order valence-electron chi connectivity index (χ0n) is 19.1. The van der Waals surface area contributed by atoms with Crippen LogP contribution in [0.1, 0.15) is 67.4 Å². The quantitative estimate of drug-likeness (QED) is 0.362. The van der Waals surface area contributed by atoms with Gasteiger partial charge in [-0.1, -0.05) is 0 Å². The van der Waals surface area contributed by atoms with Crippen LogP contribution in [-0.2, 0) is 25.7 Å². The number of aryl methyl sites for hydroxylation is 2. The monoisotopic (exact) mass is 518 g/mol. The molecule has 9 heteroatoms. The predicted molar refractivity (Wildman–Crippen MR) is 141 cm³/mol. The standard InChI is InChI=1S/C26H22N4O2S3/c27-11-17-15-5-1-3-7-19(15)34-25(17)29-13-21-23-24(32-10-9-31-23)22(33-21)14-30-26-18(12-28)16-6-2-4-8-20(16)35-26/h13-14H,1-10H2/b29-13+,30-14+. The first kappa shape index (κ1) is 22.5. The van der Waals surface area contributed by atoms with E-state index < -0.39 is 0 Å². The molecule has 2 aliphatic carbocycles. The van der Waals surface area contributed by atoms with Crippen molar-refractivity contribution in [3.05, 3.63) is 41.8 Å². The largest absolute Gasteiger partial charge is 0.485 e. The molecule has 0 spiro atoms. The van der Waals surface area contributed by atoms with Crippen LogP contribution in [0.15, 0.2) is 9.98 Å². The Morgan fingerprint density at radius 2 is 1.11 bits per heavy atom. The molecule has 4 heterocycles. The molecule has 0 aromatic carbocycles. The fraction of sp³-hybridized carbons (Fsp3) is 0.385. The van der Waals surface area contributed by atoms with E-state index in [2.05, 4.69) is 12.1 Å². The summed E-state index contributed by atoms with van der Waals surface area (Å²) in [5, 5.41) is 21.0. The molecule has 0 saturated carbocycles. The molecule has 6 nitrogen and oxygen atoms in total. The lowest BCUT2D eigenvalue weighted by Crippen LogP contribution is -2.15. The first-order chi connectivity index (χ1) is 17.3. The summed E-state index contributed by atoms with van der Waals surface area (Å²) in [6.07, 6.45) is 12.2. The van der Waals surface area contributed by atoms with Gasteiger partial charge in [0.2, 0.25) is 0 Å². The van der Waals surface area contributed by atoms with Gasteiger partial charge in [0.15, 0.2) is 11.5 Å². The van der Waals surface area contributed by atoms with Crippen LogP contribution >= 0.6 is 34.0 Å². The minimum Gasteiger partial charge on any atom is -0.485 e. The Kier molecular flexibility index (Phi) is 6.15. The molecular weight excluding hydrogens is 497 g/mol. The molecule has 35 heavy (non-hydrogen) atoms. The van der Waals surface area contributed by atoms with Crippen LogP contribution in [0.2, 0.25) is 0 Å². The molecule has 3 aromatic rings. The summed E-state index contributed by atoms with van der Waals surface area (Å²) in [5.74, 6) is 1.36.